The van der Waals surface area contributed by atoms with Gasteiger partial charge in [0.05, 0.1) is 23.8 Å². The predicted octanol–water partition coefficient (Wildman–Crippen LogP) is 3.60. The summed E-state index contributed by atoms with van der Waals surface area (Å²) >= 11 is 1.55. The number of carbonyl (C=O) groups excluding carboxylic acids is 1. The Morgan fingerprint density at radius 3 is 2.26 bits per heavy atom. The summed E-state index contributed by atoms with van der Waals surface area (Å²) in [6, 6.07) is 14.3. The molecule has 5 nitrogen and oxygen atoms in total. The van der Waals surface area contributed by atoms with Crippen molar-refractivity contribution in [2.45, 2.75) is 30.0 Å². The molecule has 1 N–H and O–H groups in total. The highest BCUT2D eigenvalue weighted by atomic mass is 32.2. The molecular formula is C20H25NO4S2. The van der Waals surface area contributed by atoms with Crippen LogP contribution in [0.25, 0.3) is 0 Å². The maximum absolute atomic E-state index is 12.3. The van der Waals surface area contributed by atoms with Crippen LogP contribution in [0.2, 0.25) is 0 Å². The van der Waals surface area contributed by atoms with Gasteiger partial charge in [0, 0.05) is 12.0 Å². The number of rotatable bonds is 9. The van der Waals surface area contributed by atoms with E-state index in [9.17, 15) is 13.2 Å². The van der Waals surface area contributed by atoms with Gasteiger partial charge in [-0.2, -0.15) is 0 Å². The Balaban J connectivity index is 1.86. The Labute approximate surface area is 165 Å². The molecule has 0 aliphatic rings. The van der Waals surface area contributed by atoms with Crippen molar-refractivity contribution in [2.24, 2.45) is 0 Å². The van der Waals surface area contributed by atoms with Crippen LogP contribution >= 0.6 is 11.8 Å². The summed E-state index contributed by atoms with van der Waals surface area (Å²) in [5.41, 5.74) is 2.04. The molecule has 0 heterocycles. The second kappa shape index (κ2) is 9.80. The monoisotopic (exact) mass is 407 g/mol. The second-order valence-electron chi connectivity index (χ2n) is 6.21. The van der Waals surface area contributed by atoms with Crippen molar-refractivity contribution < 1.29 is 17.9 Å². The highest BCUT2D eigenvalue weighted by Gasteiger charge is 2.14. The number of ether oxygens (including phenoxy) is 1. The number of nitrogens with one attached hydrogen (secondary N) is 1. The quantitative estimate of drug-likeness (QED) is 0.688. The summed E-state index contributed by atoms with van der Waals surface area (Å²) in [7, 11) is -1.58. The van der Waals surface area contributed by atoms with Crippen molar-refractivity contribution in [3.63, 3.8) is 0 Å². The van der Waals surface area contributed by atoms with Crippen LogP contribution in [0, 0.1) is 0 Å². The van der Waals surface area contributed by atoms with E-state index in [2.05, 4.69) is 5.32 Å². The van der Waals surface area contributed by atoms with Gasteiger partial charge in [0.1, 0.15) is 5.75 Å². The third kappa shape index (κ3) is 6.59. The van der Waals surface area contributed by atoms with Gasteiger partial charge in [0.25, 0.3) is 0 Å². The largest absolute Gasteiger partial charge is 0.497 e. The maximum Gasteiger partial charge on any atom is 0.230 e. The number of hydrogen-bond donors (Lipinski definition) is 1. The minimum atomic E-state index is -3.22. The molecule has 146 valence electrons. The number of hydrogen-bond acceptors (Lipinski definition) is 5. The average molecular weight is 408 g/mol. The van der Waals surface area contributed by atoms with Crippen molar-refractivity contribution in [3.05, 3.63) is 59.7 Å². The van der Waals surface area contributed by atoms with Gasteiger partial charge in [-0.05, 0) is 41.8 Å². The first-order valence-corrected chi connectivity index (χ1v) is 11.7. The van der Waals surface area contributed by atoms with Gasteiger partial charge in [-0.15, -0.1) is 11.8 Å². The normalized spacial score (nSPS) is 12.4. The molecule has 0 radical (unpaired) electrons. The predicted molar refractivity (Wildman–Crippen MR) is 110 cm³/mol. The van der Waals surface area contributed by atoms with E-state index in [1.54, 1.807) is 43.1 Å². The summed E-state index contributed by atoms with van der Waals surface area (Å²) in [6.07, 6.45) is 1.91. The first-order valence-electron chi connectivity index (χ1n) is 8.63. The van der Waals surface area contributed by atoms with Crippen molar-refractivity contribution in [3.8, 4) is 5.75 Å². The van der Waals surface area contributed by atoms with Crippen molar-refractivity contribution in [2.75, 3.05) is 19.1 Å². The zero-order valence-electron chi connectivity index (χ0n) is 15.8. The van der Waals surface area contributed by atoms with Gasteiger partial charge < -0.3 is 10.1 Å². The third-order valence-corrected chi connectivity index (χ3v) is 6.25. The summed E-state index contributed by atoms with van der Waals surface area (Å²) in [5.74, 6) is 1.89. The molecule has 0 bridgehead atoms. The van der Waals surface area contributed by atoms with Gasteiger partial charge in [0.15, 0.2) is 9.84 Å². The van der Waals surface area contributed by atoms with Gasteiger partial charge in [-0.1, -0.05) is 31.2 Å². The fourth-order valence-electron chi connectivity index (χ4n) is 2.59. The summed E-state index contributed by atoms with van der Waals surface area (Å²) in [5, 5.41) is 3.02. The van der Waals surface area contributed by atoms with E-state index in [-0.39, 0.29) is 16.8 Å². The third-order valence-electron chi connectivity index (χ3n) is 4.12. The summed E-state index contributed by atoms with van der Waals surface area (Å²) in [4.78, 5) is 12.5. The fourth-order valence-corrected chi connectivity index (χ4v) is 4.02. The molecule has 0 aliphatic heterocycles. The minimum Gasteiger partial charge on any atom is -0.497 e. The van der Waals surface area contributed by atoms with Crippen LogP contribution in [0.15, 0.2) is 53.4 Å². The van der Waals surface area contributed by atoms with Gasteiger partial charge >= 0.3 is 0 Å². The zero-order chi connectivity index (χ0) is 19.9. The molecule has 0 unspecified atom stereocenters. The summed E-state index contributed by atoms with van der Waals surface area (Å²) in [6.45, 7) is 1.99. The standard InChI is InChI=1S/C20H25NO4S2/c1-4-19(16-7-11-18(12-8-16)27(3,23)24)21-20(22)14-26-13-15-5-9-17(25-2)10-6-15/h5-12,19H,4,13-14H2,1-3H3,(H,21,22)/t19-/m0/s1. The van der Waals surface area contributed by atoms with Crippen LogP contribution in [0.3, 0.4) is 0 Å². The van der Waals surface area contributed by atoms with Crippen LogP contribution in [0.4, 0.5) is 0 Å². The van der Waals surface area contributed by atoms with Crippen LogP contribution in [-0.4, -0.2) is 33.4 Å². The van der Waals surface area contributed by atoms with Crippen LogP contribution in [0.5, 0.6) is 5.75 Å². The zero-order valence-corrected chi connectivity index (χ0v) is 17.4. The molecule has 0 aromatic heterocycles. The van der Waals surface area contributed by atoms with Gasteiger partial charge in [-0.25, -0.2) is 8.42 Å². The van der Waals surface area contributed by atoms with E-state index in [4.69, 9.17) is 4.74 Å². The molecule has 2 rings (SSSR count). The fraction of sp³-hybridized carbons (Fsp3) is 0.350. The Morgan fingerprint density at radius 1 is 1.11 bits per heavy atom. The minimum absolute atomic E-state index is 0.0347. The van der Waals surface area contributed by atoms with Gasteiger partial charge in [0.2, 0.25) is 5.91 Å². The Kier molecular flexibility index (Phi) is 7.74. The van der Waals surface area contributed by atoms with Crippen molar-refractivity contribution in [1.82, 2.24) is 5.32 Å². The van der Waals surface area contributed by atoms with Crippen molar-refractivity contribution in [1.29, 1.82) is 0 Å². The van der Waals surface area contributed by atoms with E-state index < -0.39 is 9.84 Å². The van der Waals surface area contributed by atoms with Crippen LogP contribution < -0.4 is 10.1 Å². The molecular weight excluding hydrogens is 382 g/mol. The molecule has 1 amide bonds. The molecule has 27 heavy (non-hydrogen) atoms. The molecule has 0 saturated carbocycles. The molecule has 2 aromatic rings. The number of amides is 1. The van der Waals surface area contributed by atoms with Crippen molar-refractivity contribution >= 4 is 27.5 Å². The average Bonchev–Trinajstić information content (AvgIpc) is 2.66. The second-order valence-corrected chi connectivity index (χ2v) is 9.21. The lowest BCUT2D eigenvalue weighted by molar-refractivity contribution is -0.119. The molecule has 0 spiro atoms. The van der Waals surface area contributed by atoms with E-state index in [1.807, 2.05) is 31.2 Å². The van der Waals surface area contributed by atoms with Crippen LogP contribution in [-0.2, 0) is 20.4 Å². The van der Waals surface area contributed by atoms with E-state index in [0.29, 0.717) is 5.75 Å². The lowest BCUT2D eigenvalue weighted by Crippen LogP contribution is -2.29. The number of sulfone groups is 1. The number of methoxy groups -OCH3 is 1. The number of benzene rings is 2. The number of carbonyl (C=O) groups is 1. The SMILES string of the molecule is CC[C@H](NC(=O)CSCc1ccc(OC)cc1)c1ccc(S(C)(=O)=O)cc1. The van der Waals surface area contributed by atoms with E-state index >= 15 is 0 Å². The number of thioether (sulfide) groups is 1. The molecule has 0 saturated heterocycles. The van der Waals surface area contributed by atoms with E-state index in [1.165, 1.54) is 6.26 Å². The molecule has 2 aromatic carbocycles. The molecule has 7 heteroatoms. The molecule has 0 aliphatic carbocycles. The lowest BCUT2D eigenvalue weighted by atomic mass is 10.0. The Morgan fingerprint density at radius 2 is 1.74 bits per heavy atom. The van der Waals surface area contributed by atoms with E-state index in [0.717, 1.165) is 29.1 Å². The van der Waals surface area contributed by atoms with Crippen LogP contribution in [0.1, 0.15) is 30.5 Å². The smallest absolute Gasteiger partial charge is 0.230 e. The highest BCUT2D eigenvalue weighted by Crippen LogP contribution is 2.20. The lowest BCUT2D eigenvalue weighted by Gasteiger charge is -2.18. The molecule has 0 fully saturated rings. The topological polar surface area (TPSA) is 72.5 Å². The highest BCUT2D eigenvalue weighted by molar-refractivity contribution is 7.99. The Hall–Kier alpha value is -1.99. The summed E-state index contributed by atoms with van der Waals surface area (Å²) < 4.78 is 28.2. The van der Waals surface area contributed by atoms with Gasteiger partial charge in [-0.3, -0.25) is 4.79 Å². The first kappa shape index (κ1) is 21.3. The Bertz CT molecular complexity index is 847. The first-order chi connectivity index (χ1) is 12.8. The maximum atomic E-state index is 12.3. The molecule has 1 atom stereocenters.